The van der Waals surface area contributed by atoms with E-state index < -0.39 is 0 Å². The van der Waals surface area contributed by atoms with Gasteiger partial charge in [0.15, 0.2) is 5.76 Å². The molecule has 4 rings (SSSR count). The van der Waals surface area contributed by atoms with Gasteiger partial charge in [0.25, 0.3) is 5.91 Å². The van der Waals surface area contributed by atoms with Crippen molar-refractivity contribution >= 4 is 33.9 Å². The third-order valence-corrected chi connectivity index (χ3v) is 5.02. The van der Waals surface area contributed by atoms with Gasteiger partial charge in [0.1, 0.15) is 5.58 Å². The molecule has 0 atom stereocenters. The number of nitrogen functional groups attached to an aromatic ring is 1. The van der Waals surface area contributed by atoms with Crippen LogP contribution in [0.4, 0.5) is 17.1 Å². The molecular weight excluding hydrogens is 362 g/mol. The Balaban J connectivity index is 1.49. The molecule has 0 saturated heterocycles. The standard InChI is InChI=1S/C24H23N3O2/c1-15-7-9-19(11-16(15)2)26-14-17-8-10-22-18(12-17)13-23(29-22)24(28)27-21-6-4-3-5-20(21)25/h3-13,26H,14,25H2,1-2H3,(H,27,28). The summed E-state index contributed by atoms with van der Waals surface area (Å²) in [6.07, 6.45) is 0. The Morgan fingerprint density at radius 2 is 1.79 bits per heavy atom. The second kappa shape index (κ2) is 7.72. The van der Waals surface area contributed by atoms with E-state index in [0.29, 0.717) is 23.5 Å². The number of fused-ring (bicyclic) bond motifs is 1. The van der Waals surface area contributed by atoms with Crippen molar-refractivity contribution in [2.45, 2.75) is 20.4 Å². The molecule has 0 aliphatic carbocycles. The fraction of sp³-hybridized carbons (Fsp3) is 0.125. The molecule has 0 fully saturated rings. The average Bonchev–Trinajstić information content (AvgIpc) is 3.14. The number of anilines is 3. The summed E-state index contributed by atoms with van der Waals surface area (Å²) in [7, 11) is 0. The quantitative estimate of drug-likeness (QED) is 0.397. The number of carbonyl (C=O) groups excluding carboxylic acids is 1. The van der Waals surface area contributed by atoms with E-state index in [2.05, 4.69) is 42.7 Å². The highest BCUT2D eigenvalue weighted by Gasteiger charge is 2.14. The zero-order valence-electron chi connectivity index (χ0n) is 16.5. The molecule has 0 aliphatic rings. The van der Waals surface area contributed by atoms with Gasteiger partial charge in [0, 0.05) is 17.6 Å². The summed E-state index contributed by atoms with van der Waals surface area (Å²) >= 11 is 0. The highest BCUT2D eigenvalue weighted by atomic mass is 16.3. The highest BCUT2D eigenvalue weighted by molar-refractivity contribution is 6.06. The van der Waals surface area contributed by atoms with Crippen LogP contribution in [0.5, 0.6) is 0 Å². The Bertz CT molecular complexity index is 1190. The lowest BCUT2D eigenvalue weighted by Crippen LogP contribution is -2.12. The molecule has 1 heterocycles. The van der Waals surface area contributed by atoms with Crippen LogP contribution in [-0.4, -0.2) is 5.91 Å². The van der Waals surface area contributed by atoms with Gasteiger partial charge >= 0.3 is 0 Å². The maximum Gasteiger partial charge on any atom is 0.291 e. The van der Waals surface area contributed by atoms with Crippen LogP contribution in [0.3, 0.4) is 0 Å². The van der Waals surface area contributed by atoms with Crippen LogP contribution in [0.25, 0.3) is 11.0 Å². The van der Waals surface area contributed by atoms with Gasteiger partial charge in [-0.15, -0.1) is 0 Å². The number of amides is 1. The van der Waals surface area contributed by atoms with E-state index >= 15 is 0 Å². The molecule has 0 unspecified atom stereocenters. The summed E-state index contributed by atoms with van der Waals surface area (Å²) in [5, 5.41) is 7.11. The van der Waals surface area contributed by atoms with E-state index in [1.54, 1.807) is 18.2 Å². The number of aryl methyl sites for hydroxylation is 2. The number of hydrogen-bond acceptors (Lipinski definition) is 4. The minimum Gasteiger partial charge on any atom is -0.451 e. The van der Waals surface area contributed by atoms with Crippen molar-refractivity contribution in [1.82, 2.24) is 0 Å². The molecule has 0 bridgehead atoms. The Kier molecular flexibility index (Phi) is 4.96. The third-order valence-electron chi connectivity index (χ3n) is 5.02. The summed E-state index contributed by atoms with van der Waals surface area (Å²) in [5.41, 5.74) is 12.4. The number of nitrogens with one attached hydrogen (secondary N) is 2. The molecule has 146 valence electrons. The van der Waals surface area contributed by atoms with E-state index in [0.717, 1.165) is 16.6 Å². The van der Waals surface area contributed by atoms with Crippen molar-refractivity contribution in [3.8, 4) is 0 Å². The van der Waals surface area contributed by atoms with Crippen LogP contribution < -0.4 is 16.4 Å². The van der Waals surface area contributed by atoms with Gasteiger partial charge in [-0.3, -0.25) is 4.79 Å². The molecule has 5 nitrogen and oxygen atoms in total. The minimum absolute atomic E-state index is 0.252. The van der Waals surface area contributed by atoms with Gasteiger partial charge in [-0.05, 0) is 73.0 Å². The number of hydrogen-bond donors (Lipinski definition) is 3. The second-order valence-electron chi connectivity index (χ2n) is 7.18. The van der Waals surface area contributed by atoms with Gasteiger partial charge in [0.2, 0.25) is 0 Å². The zero-order chi connectivity index (χ0) is 20.4. The molecule has 0 radical (unpaired) electrons. The summed E-state index contributed by atoms with van der Waals surface area (Å²) in [4.78, 5) is 12.5. The predicted octanol–water partition coefficient (Wildman–Crippen LogP) is 5.50. The SMILES string of the molecule is Cc1ccc(NCc2ccc3oc(C(=O)Nc4ccccc4N)cc3c2)cc1C. The molecule has 4 aromatic rings. The van der Waals surface area contributed by atoms with Gasteiger partial charge in [-0.25, -0.2) is 0 Å². The summed E-state index contributed by atoms with van der Waals surface area (Å²) < 4.78 is 5.72. The van der Waals surface area contributed by atoms with Crippen molar-refractivity contribution in [2.75, 3.05) is 16.4 Å². The molecule has 5 heteroatoms. The number of rotatable bonds is 5. The van der Waals surface area contributed by atoms with E-state index in [1.807, 2.05) is 30.3 Å². The van der Waals surface area contributed by atoms with Crippen LogP contribution in [0.15, 0.2) is 71.1 Å². The first-order valence-electron chi connectivity index (χ1n) is 9.49. The average molecular weight is 385 g/mol. The molecule has 1 aromatic heterocycles. The van der Waals surface area contributed by atoms with Crippen molar-refractivity contribution in [1.29, 1.82) is 0 Å². The van der Waals surface area contributed by atoms with E-state index in [-0.39, 0.29) is 11.7 Å². The van der Waals surface area contributed by atoms with Gasteiger partial charge in [-0.1, -0.05) is 24.3 Å². The van der Waals surface area contributed by atoms with Crippen LogP contribution in [-0.2, 0) is 6.54 Å². The van der Waals surface area contributed by atoms with E-state index in [1.165, 1.54) is 11.1 Å². The molecule has 4 N–H and O–H groups in total. The Morgan fingerprint density at radius 3 is 2.59 bits per heavy atom. The summed E-state index contributed by atoms with van der Waals surface area (Å²) in [6, 6.07) is 21.1. The number of para-hydroxylation sites is 2. The monoisotopic (exact) mass is 385 g/mol. The molecule has 0 aliphatic heterocycles. The molecule has 29 heavy (non-hydrogen) atoms. The third kappa shape index (κ3) is 4.09. The molecule has 0 spiro atoms. The Labute approximate surface area is 169 Å². The first-order chi connectivity index (χ1) is 14.0. The minimum atomic E-state index is -0.325. The summed E-state index contributed by atoms with van der Waals surface area (Å²) in [6.45, 7) is 4.89. The normalized spacial score (nSPS) is 10.8. The Hall–Kier alpha value is -3.73. The summed E-state index contributed by atoms with van der Waals surface area (Å²) in [5.74, 6) is -0.0728. The van der Waals surface area contributed by atoms with Crippen molar-refractivity contribution < 1.29 is 9.21 Å². The second-order valence-corrected chi connectivity index (χ2v) is 7.18. The first kappa shape index (κ1) is 18.6. The molecular formula is C24H23N3O2. The van der Waals surface area contributed by atoms with Crippen molar-refractivity contribution in [3.63, 3.8) is 0 Å². The lowest BCUT2D eigenvalue weighted by atomic mass is 10.1. The molecule has 0 saturated carbocycles. The van der Waals surface area contributed by atoms with Crippen LogP contribution in [0.2, 0.25) is 0 Å². The number of carbonyl (C=O) groups is 1. The van der Waals surface area contributed by atoms with Crippen LogP contribution in [0, 0.1) is 13.8 Å². The van der Waals surface area contributed by atoms with E-state index in [9.17, 15) is 4.79 Å². The van der Waals surface area contributed by atoms with Gasteiger partial charge in [-0.2, -0.15) is 0 Å². The lowest BCUT2D eigenvalue weighted by molar-refractivity contribution is 0.0999. The highest BCUT2D eigenvalue weighted by Crippen LogP contribution is 2.24. The predicted molar refractivity (Wildman–Crippen MR) is 118 cm³/mol. The Morgan fingerprint density at radius 1 is 0.966 bits per heavy atom. The lowest BCUT2D eigenvalue weighted by Gasteiger charge is -2.09. The number of furan rings is 1. The number of nitrogens with two attached hydrogens (primary N) is 1. The molecule has 1 amide bonds. The molecule has 3 aromatic carbocycles. The maximum atomic E-state index is 12.5. The first-order valence-corrected chi connectivity index (χ1v) is 9.49. The maximum absolute atomic E-state index is 12.5. The van der Waals surface area contributed by atoms with E-state index in [4.69, 9.17) is 10.2 Å². The fourth-order valence-corrected chi connectivity index (χ4v) is 3.16. The number of benzene rings is 3. The smallest absolute Gasteiger partial charge is 0.291 e. The van der Waals surface area contributed by atoms with Crippen molar-refractivity contribution in [3.05, 3.63) is 89.2 Å². The van der Waals surface area contributed by atoms with Crippen molar-refractivity contribution in [2.24, 2.45) is 0 Å². The zero-order valence-corrected chi connectivity index (χ0v) is 16.5. The fourth-order valence-electron chi connectivity index (χ4n) is 3.16. The van der Waals surface area contributed by atoms with Gasteiger partial charge in [0.05, 0.1) is 11.4 Å². The van der Waals surface area contributed by atoms with Gasteiger partial charge < -0.3 is 20.8 Å². The van der Waals surface area contributed by atoms with Crippen LogP contribution in [0.1, 0.15) is 27.2 Å². The van der Waals surface area contributed by atoms with Crippen LogP contribution >= 0.6 is 0 Å². The topological polar surface area (TPSA) is 80.3 Å². The largest absolute Gasteiger partial charge is 0.451 e.